The Balaban J connectivity index is 2.24. The standard InChI is InChI=1S/C25H37N9O6/c1-14(35)20(26)23(38)33-18(10-15-6-3-2-4-7-15)22(37)32-17(8-5-9-30-25(27)28)21(36)34-19(24(39)40)11-16-12-29-13-31-16/h2-4,6-7,12-14,17-20,35H,5,8-11,26H2,1H3,(H,29,31)(H,32,37)(H,33,38)(H,34,36)(H,39,40)(H4,27,28,30). The number of nitrogens with two attached hydrogens (primary N) is 3. The summed E-state index contributed by atoms with van der Waals surface area (Å²) >= 11 is 0. The summed E-state index contributed by atoms with van der Waals surface area (Å²) in [7, 11) is 0. The van der Waals surface area contributed by atoms with E-state index in [-0.39, 0.29) is 38.2 Å². The number of hydrogen-bond donors (Lipinski definition) is 9. The van der Waals surface area contributed by atoms with Gasteiger partial charge in [-0.2, -0.15) is 0 Å². The number of carboxylic acids is 1. The van der Waals surface area contributed by atoms with Gasteiger partial charge in [0.15, 0.2) is 5.96 Å². The second kappa shape index (κ2) is 15.8. The molecule has 0 saturated carbocycles. The van der Waals surface area contributed by atoms with Gasteiger partial charge < -0.3 is 48.3 Å². The van der Waals surface area contributed by atoms with Crippen LogP contribution in [0.5, 0.6) is 0 Å². The molecule has 1 aromatic heterocycles. The topological polar surface area (TPSA) is 264 Å². The summed E-state index contributed by atoms with van der Waals surface area (Å²) in [4.78, 5) is 61.5. The molecule has 218 valence electrons. The summed E-state index contributed by atoms with van der Waals surface area (Å²) < 4.78 is 0. The monoisotopic (exact) mass is 559 g/mol. The maximum Gasteiger partial charge on any atom is 0.326 e. The minimum Gasteiger partial charge on any atom is -0.480 e. The van der Waals surface area contributed by atoms with E-state index in [4.69, 9.17) is 17.2 Å². The number of carbonyl (C=O) groups is 4. The van der Waals surface area contributed by atoms with Crippen molar-refractivity contribution in [1.29, 1.82) is 0 Å². The van der Waals surface area contributed by atoms with E-state index in [1.807, 2.05) is 0 Å². The van der Waals surface area contributed by atoms with Crippen LogP contribution in [0.4, 0.5) is 0 Å². The highest BCUT2D eigenvalue weighted by Crippen LogP contribution is 2.08. The molecule has 0 bridgehead atoms. The number of rotatable bonds is 16. The number of aliphatic hydroxyl groups excluding tert-OH is 1. The first kappa shape index (κ1) is 31.7. The Labute approximate surface area is 231 Å². The largest absolute Gasteiger partial charge is 0.480 e. The van der Waals surface area contributed by atoms with E-state index in [1.165, 1.54) is 19.4 Å². The number of aromatic amines is 1. The van der Waals surface area contributed by atoms with Crippen molar-refractivity contribution in [3.63, 3.8) is 0 Å². The number of carbonyl (C=O) groups excluding carboxylic acids is 3. The third-order valence-corrected chi connectivity index (χ3v) is 5.91. The van der Waals surface area contributed by atoms with Crippen LogP contribution >= 0.6 is 0 Å². The average Bonchev–Trinajstić information content (AvgIpc) is 3.42. The van der Waals surface area contributed by atoms with Gasteiger partial charge in [0.2, 0.25) is 17.7 Å². The van der Waals surface area contributed by atoms with Crippen molar-refractivity contribution < 1.29 is 29.4 Å². The Morgan fingerprint density at radius 1 is 0.975 bits per heavy atom. The number of aliphatic imine (C=N–C) groups is 1. The van der Waals surface area contributed by atoms with E-state index in [1.54, 1.807) is 30.3 Å². The summed E-state index contributed by atoms with van der Waals surface area (Å²) in [5.41, 5.74) is 17.7. The Hall–Kier alpha value is -4.50. The Morgan fingerprint density at radius 3 is 2.17 bits per heavy atom. The van der Waals surface area contributed by atoms with Crippen LogP contribution in [0.2, 0.25) is 0 Å². The second-order valence-electron chi connectivity index (χ2n) is 9.21. The molecule has 3 amide bonds. The normalized spacial score (nSPS) is 14.6. The molecule has 0 spiro atoms. The zero-order chi connectivity index (χ0) is 29.7. The molecule has 15 nitrogen and oxygen atoms in total. The van der Waals surface area contributed by atoms with E-state index in [0.29, 0.717) is 11.3 Å². The summed E-state index contributed by atoms with van der Waals surface area (Å²) in [6.45, 7) is 1.50. The van der Waals surface area contributed by atoms with E-state index in [9.17, 15) is 29.4 Å². The summed E-state index contributed by atoms with van der Waals surface area (Å²) in [5.74, 6) is -3.65. The Kier molecular flexibility index (Phi) is 12.5. The Bertz CT molecular complexity index is 1140. The lowest BCUT2D eigenvalue weighted by Gasteiger charge is -2.25. The molecular weight excluding hydrogens is 522 g/mol. The van der Waals surface area contributed by atoms with Crippen molar-refractivity contribution in [2.45, 2.75) is 62.9 Å². The first-order chi connectivity index (χ1) is 19.0. The molecule has 0 radical (unpaired) electrons. The van der Waals surface area contributed by atoms with Gasteiger partial charge in [0.05, 0.1) is 12.4 Å². The minimum atomic E-state index is -1.31. The number of aromatic nitrogens is 2. The van der Waals surface area contributed by atoms with Crippen LogP contribution in [0, 0.1) is 0 Å². The summed E-state index contributed by atoms with van der Waals surface area (Å²) in [6.07, 6.45) is 1.97. The first-order valence-electron chi connectivity index (χ1n) is 12.6. The predicted octanol–water partition coefficient (Wildman–Crippen LogP) is -2.50. The number of benzene rings is 1. The van der Waals surface area contributed by atoms with E-state index < -0.39 is 54.0 Å². The molecule has 0 aliphatic carbocycles. The Morgan fingerprint density at radius 2 is 1.60 bits per heavy atom. The maximum absolute atomic E-state index is 13.4. The molecule has 0 aliphatic heterocycles. The number of aliphatic carboxylic acids is 1. The lowest BCUT2D eigenvalue weighted by atomic mass is 10.0. The number of nitrogens with zero attached hydrogens (tertiary/aromatic N) is 2. The van der Waals surface area contributed by atoms with Gasteiger partial charge in [0.1, 0.15) is 24.2 Å². The van der Waals surface area contributed by atoms with Crippen molar-refractivity contribution in [1.82, 2.24) is 25.9 Å². The smallest absolute Gasteiger partial charge is 0.326 e. The van der Waals surface area contributed by atoms with Gasteiger partial charge in [-0.05, 0) is 25.3 Å². The molecule has 0 saturated heterocycles. The average molecular weight is 560 g/mol. The summed E-state index contributed by atoms with van der Waals surface area (Å²) in [5, 5.41) is 26.9. The molecule has 5 atom stereocenters. The molecule has 2 aromatic rings. The summed E-state index contributed by atoms with van der Waals surface area (Å²) in [6, 6.07) is 3.88. The quantitative estimate of drug-likeness (QED) is 0.0592. The third kappa shape index (κ3) is 10.7. The van der Waals surface area contributed by atoms with Gasteiger partial charge in [-0.3, -0.25) is 19.4 Å². The van der Waals surface area contributed by atoms with Crippen LogP contribution in [0.25, 0.3) is 0 Å². The number of nitrogens with one attached hydrogen (secondary N) is 4. The molecule has 2 rings (SSSR count). The minimum absolute atomic E-state index is 0.0595. The first-order valence-corrected chi connectivity index (χ1v) is 12.6. The fourth-order valence-corrected chi connectivity index (χ4v) is 3.68. The van der Waals surface area contributed by atoms with Gasteiger partial charge in [0.25, 0.3) is 0 Å². The number of aliphatic hydroxyl groups is 1. The molecule has 0 fully saturated rings. The van der Waals surface area contributed by atoms with Gasteiger partial charge in [-0.15, -0.1) is 0 Å². The van der Waals surface area contributed by atoms with Crippen LogP contribution in [0.1, 0.15) is 31.0 Å². The maximum atomic E-state index is 13.4. The van der Waals surface area contributed by atoms with Gasteiger partial charge >= 0.3 is 5.97 Å². The van der Waals surface area contributed by atoms with E-state index >= 15 is 0 Å². The molecule has 0 aliphatic rings. The zero-order valence-corrected chi connectivity index (χ0v) is 22.1. The van der Waals surface area contributed by atoms with Crippen LogP contribution in [-0.2, 0) is 32.0 Å². The number of guanidine groups is 1. The van der Waals surface area contributed by atoms with Gasteiger partial charge in [-0.25, -0.2) is 9.78 Å². The fraction of sp³-hybridized carbons (Fsp3) is 0.440. The lowest BCUT2D eigenvalue weighted by molar-refractivity contribution is -0.142. The number of hydrogen-bond acceptors (Lipinski definition) is 8. The van der Waals surface area contributed by atoms with Crippen LogP contribution < -0.4 is 33.2 Å². The van der Waals surface area contributed by atoms with Crippen molar-refractivity contribution in [3.05, 3.63) is 54.1 Å². The SMILES string of the molecule is CC(O)C(N)C(=O)NC(Cc1ccccc1)C(=O)NC(CCCN=C(N)N)C(=O)NC(Cc1cnc[nH]1)C(=O)O. The molecule has 5 unspecified atom stereocenters. The fourth-order valence-electron chi connectivity index (χ4n) is 3.68. The lowest BCUT2D eigenvalue weighted by Crippen LogP contribution is -2.58. The van der Waals surface area contributed by atoms with Gasteiger partial charge in [0, 0.05) is 31.3 Å². The third-order valence-electron chi connectivity index (χ3n) is 5.91. The second-order valence-corrected chi connectivity index (χ2v) is 9.21. The van der Waals surface area contributed by atoms with E-state index in [0.717, 1.165) is 0 Å². The van der Waals surface area contributed by atoms with Crippen molar-refractivity contribution in [2.75, 3.05) is 6.54 Å². The predicted molar refractivity (Wildman–Crippen MR) is 145 cm³/mol. The number of amides is 3. The number of carboxylic acid groups (broad SMARTS) is 1. The highest BCUT2D eigenvalue weighted by atomic mass is 16.4. The number of H-pyrrole nitrogens is 1. The molecule has 1 aromatic carbocycles. The highest BCUT2D eigenvalue weighted by molar-refractivity contribution is 5.94. The molecule has 40 heavy (non-hydrogen) atoms. The van der Waals surface area contributed by atoms with Gasteiger partial charge in [-0.1, -0.05) is 30.3 Å². The molecular formula is C25H37N9O6. The van der Waals surface area contributed by atoms with Crippen molar-refractivity contribution in [3.8, 4) is 0 Å². The van der Waals surface area contributed by atoms with Crippen molar-refractivity contribution in [2.24, 2.45) is 22.2 Å². The molecule has 12 N–H and O–H groups in total. The van der Waals surface area contributed by atoms with E-state index in [2.05, 4.69) is 30.9 Å². The zero-order valence-electron chi connectivity index (χ0n) is 22.1. The number of imidazole rings is 1. The molecule has 15 heteroatoms. The highest BCUT2D eigenvalue weighted by Gasteiger charge is 2.31. The van der Waals surface area contributed by atoms with Crippen LogP contribution in [0.15, 0.2) is 47.8 Å². The van der Waals surface area contributed by atoms with Crippen LogP contribution in [-0.4, -0.2) is 86.6 Å². The molecule has 1 heterocycles. The van der Waals surface area contributed by atoms with Crippen LogP contribution in [0.3, 0.4) is 0 Å². The van der Waals surface area contributed by atoms with Crippen molar-refractivity contribution >= 4 is 29.7 Å².